The molecular formula is C10H19N3O3. The summed E-state index contributed by atoms with van der Waals surface area (Å²) in [6, 6.07) is -0.867. The third kappa shape index (κ3) is 3.18. The zero-order chi connectivity index (χ0) is 12.2. The summed E-state index contributed by atoms with van der Waals surface area (Å²) in [5.74, 6) is -0.521. The lowest BCUT2D eigenvalue weighted by molar-refractivity contribution is -0.142. The number of hydrogen-bond donors (Lipinski definition) is 3. The van der Waals surface area contributed by atoms with Gasteiger partial charge in [0.05, 0.1) is 5.60 Å². The van der Waals surface area contributed by atoms with E-state index in [1.165, 1.54) is 0 Å². The highest BCUT2D eigenvalue weighted by Crippen LogP contribution is 2.33. The molecule has 0 radical (unpaired) electrons. The zero-order valence-corrected chi connectivity index (χ0v) is 9.49. The van der Waals surface area contributed by atoms with Crippen LogP contribution in [0.15, 0.2) is 0 Å². The lowest BCUT2D eigenvalue weighted by Gasteiger charge is -2.30. The molecule has 0 aliphatic heterocycles. The maximum atomic E-state index is 11.4. The van der Waals surface area contributed by atoms with Crippen LogP contribution < -0.4 is 16.8 Å². The van der Waals surface area contributed by atoms with Crippen molar-refractivity contribution in [3.05, 3.63) is 0 Å². The first kappa shape index (κ1) is 12.9. The number of carbonyl (C=O) groups is 2. The molecule has 0 aromatic rings. The van der Waals surface area contributed by atoms with Crippen molar-refractivity contribution in [3.63, 3.8) is 0 Å². The van der Waals surface area contributed by atoms with Crippen molar-refractivity contribution in [1.82, 2.24) is 5.32 Å². The molecule has 1 saturated carbocycles. The molecule has 3 amide bonds. The number of nitrogens with two attached hydrogens (primary N) is 2. The number of urea groups is 1. The van der Waals surface area contributed by atoms with Crippen LogP contribution in [0.4, 0.5) is 4.79 Å². The Morgan fingerprint density at radius 1 is 1.44 bits per heavy atom. The predicted octanol–water partition coefficient (Wildman–Crippen LogP) is -0.142. The largest absolute Gasteiger partial charge is 0.361 e. The second-order valence-corrected chi connectivity index (χ2v) is 4.21. The minimum Gasteiger partial charge on any atom is -0.361 e. The summed E-state index contributed by atoms with van der Waals surface area (Å²) < 4.78 is 5.67. The standard InChI is InChI=1S/C10H19N3O3/c1-7(8(14)13-9(12)15)16-10(6-11)4-2-3-5-10/h7H,2-6,11H2,1H3,(H3,12,13,14,15). The molecule has 16 heavy (non-hydrogen) atoms. The van der Waals surface area contributed by atoms with Gasteiger partial charge in [-0.1, -0.05) is 12.8 Å². The first-order valence-electron chi connectivity index (χ1n) is 5.47. The molecule has 0 spiro atoms. The van der Waals surface area contributed by atoms with Crippen LogP contribution >= 0.6 is 0 Å². The first-order valence-corrected chi connectivity index (χ1v) is 5.47. The number of hydrogen-bond acceptors (Lipinski definition) is 4. The highest BCUT2D eigenvalue weighted by molar-refractivity contribution is 5.95. The van der Waals surface area contributed by atoms with Gasteiger partial charge in [-0.3, -0.25) is 10.1 Å². The van der Waals surface area contributed by atoms with Gasteiger partial charge in [0, 0.05) is 6.54 Å². The molecule has 0 saturated heterocycles. The third-order valence-corrected chi connectivity index (χ3v) is 2.93. The van der Waals surface area contributed by atoms with E-state index in [1.54, 1.807) is 6.92 Å². The zero-order valence-electron chi connectivity index (χ0n) is 9.49. The van der Waals surface area contributed by atoms with E-state index >= 15 is 0 Å². The van der Waals surface area contributed by atoms with Crippen molar-refractivity contribution in [2.24, 2.45) is 11.5 Å². The summed E-state index contributed by atoms with van der Waals surface area (Å²) in [6.07, 6.45) is 3.12. The van der Waals surface area contributed by atoms with Crippen LogP contribution in [-0.4, -0.2) is 30.2 Å². The number of primary amides is 1. The van der Waals surface area contributed by atoms with Crippen LogP contribution in [0.3, 0.4) is 0 Å². The van der Waals surface area contributed by atoms with Crippen molar-refractivity contribution in [2.75, 3.05) is 6.54 Å². The minimum atomic E-state index is -0.867. The van der Waals surface area contributed by atoms with Crippen LogP contribution in [0.25, 0.3) is 0 Å². The van der Waals surface area contributed by atoms with Crippen molar-refractivity contribution in [1.29, 1.82) is 0 Å². The first-order chi connectivity index (χ1) is 7.49. The van der Waals surface area contributed by atoms with Crippen molar-refractivity contribution in [3.8, 4) is 0 Å². The fourth-order valence-electron chi connectivity index (χ4n) is 2.04. The Kier molecular flexibility index (Phi) is 4.26. The lowest BCUT2D eigenvalue weighted by atomic mass is 10.0. The lowest BCUT2D eigenvalue weighted by Crippen LogP contribution is -2.47. The van der Waals surface area contributed by atoms with Crippen LogP contribution in [0.1, 0.15) is 32.6 Å². The highest BCUT2D eigenvalue weighted by atomic mass is 16.5. The van der Waals surface area contributed by atoms with Crippen LogP contribution in [0.5, 0.6) is 0 Å². The topological polar surface area (TPSA) is 107 Å². The van der Waals surface area contributed by atoms with Gasteiger partial charge in [0.25, 0.3) is 5.91 Å². The summed E-state index contributed by atoms with van der Waals surface area (Å²) in [7, 11) is 0. The van der Waals surface area contributed by atoms with E-state index in [1.807, 2.05) is 5.32 Å². The monoisotopic (exact) mass is 229 g/mol. The van der Waals surface area contributed by atoms with E-state index < -0.39 is 23.6 Å². The van der Waals surface area contributed by atoms with Gasteiger partial charge in [-0.25, -0.2) is 4.79 Å². The number of rotatable bonds is 4. The second-order valence-electron chi connectivity index (χ2n) is 4.21. The molecule has 5 N–H and O–H groups in total. The van der Waals surface area contributed by atoms with Crippen molar-refractivity contribution in [2.45, 2.75) is 44.3 Å². The Bertz CT molecular complexity index is 274. The van der Waals surface area contributed by atoms with Gasteiger partial charge in [-0.05, 0) is 19.8 Å². The Balaban J connectivity index is 2.51. The quantitative estimate of drug-likeness (QED) is 0.623. The molecule has 1 aliphatic carbocycles. The molecule has 1 aliphatic rings. The summed E-state index contributed by atoms with van der Waals surface area (Å²) in [5.41, 5.74) is 10.1. The molecule has 0 aromatic heterocycles. The van der Waals surface area contributed by atoms with Gasteiger partial charge in [0.2, 0.25) is 0 Å². The van der Waals surface area contributed by atoms with E-state index in [-0.39, 0.29) is 0 Å². The molecule has 1 rings (SSSR count). The van der Waals surface area contributed by atoms with E-state index in [4.69, 9.17) is 16.2 Å². The normalized spacial score (nSPS) is 20.4. The summed E-state index contributed by atoms with van der Waals surface area (Å²) in [5, 5.41) is 1.99. The maximum Gasteiger partial charge on any atom is 0.318 e. The molecule has 92 valence electrons. The molecule has 6 heteroatoms. The molecule has 0 aromatic carbocycles. The van der Waals surface area contributed by atoms with Gasteiger partial charge in [-0.15, -0.1) is 0 Å². The van der Waals surface area contributed by atoms with Crippen molar-refractivity contribution < 1.29 is 14.3 Å². The van der Waals surface area contributed by atoms with E-state index in [9.17, 15) is 9.59 Å². The van der Waals surface area contributed by atoms with Crippen LogP contribution in [-0.2, 0) is 9.53 Å². The number of nitrogens with one attached hydrogen (secondary N) is 1. The Morgan fingerprint density at radius 2 is 2.00 bits per heavy atom. The Morgan fingerprint density at radius 3 is 2.44 bits per heavy atom. The maximum absolute atomic E-state index is 11.4. The Hall–Kier alpha value is -1.14. The molecular weight excluding hydrogens is 210 g/mol. The number of ether oxygens (including phenoxy) is 1. The predicted molar refractivity (Wildman–Crippen MR) is 58.5 cm³/mol. The molecule has 6 nitrogen and oxygen atoms in total. The smallest absolute Gasteiger partial charge is 0.318 e. The average molecular weight is 229 g/mol. The average Bonchev–Trinajstić information content (AvgIpc) is 2.66. The summed E-state index contributed by atoms with van der Waals surface area (Å²) >= 11 is 0. The molecule has 0 bridgehead atoms. The molecule has 1 atom stereocenters. The van der Waals surface area contributed by atoms with E-state index in [0.717, 1.165) is 25.7 Å². The third-order valence-electron chi connectivity index (χ3n) is 2.93. The van der Waals surface area contributed by atoms with Crippen molar-refractivity contribution >= 4 is 11.9 Å². The van der Waals surface area contributed by atoms with E-state index in [0.29, 0.717) is 6.54 Å². The van der Waals surface area contributed by atoms with Gasteiger partial charge in [0.15, 0.2) is 0 Å². The van der Waals surface area contributed by atoms with Gasteiger partial charge >= 0.3 is 6.03 Å². The molecule has 1 unspecified atom stereocenters. The molecule has 0 heterocycles. The second kappa shape index (κ2) is 5.27. The van der Waals surface area contributed by atoms with Gasteiger partial charge in [-0.2, -0.15) is 0 Å². The van der Waals surface area contributed by atoms with Gasteiger partial charge in [0.1, 0.15) is 6.10 Å². The van der Waals surface area contributed by atoms with E-state index in [2.05, 4.69) is 0 Å². The minimum absolute atomic E-state index is 0.390. The highest BCUT2D eigenvalue weighted by Gasteiger charge is 2.36. The fourth-order valence-corrected chi connectivity index (χ4v) is 2.04. The SMILES string of the molecule is CC(OC1(CN)CCCC1)C(=O)NC(N)=O. The van der Waals surface area contributed by atoms with Crippen LogP contribution in [0, 0.1) is 0 Å². The van der Waals surface area contributed by atoms with Crippen LogP contribution in [0.2, 0.25) is 0 Å². The summed E-state index contributed by atoms with van der Waals surface area (Å²) in [6.45, 7) is 1.98. The number of amides is 3. The number of carbonyl (C=O) groups excluding carboxylic acids is 2. The van der Waals surface area contributed by atoms with Gasteiger partial charge < -0.3 is 16.2 Å². The number of imide groups is 1. The Labute approximate surface area is 94.7 Å². The fraction of sp³-hybridized carbons (Fsp3) is 0.800. The summed E-state index contributed by atoms with van der Waals surface area (Å²) in [4.78, 5) is 21.9. The molecule has 1 fully saturated rings.